The Bertz CT molecular complexity index is 577. The van der Waals surface area contributed by atoms with Crippen LogP contribution in [0.15, 0.2) is 4.79 Å². The Kier molecular flexibility index (Phi) is 5.90. The molecule has 1 aliphatic heterocycles. The van der Waals surface area contributed by atoms with Crippen LogP contribution in [-0.4, -0.2) is 51.3 Å². The van der Waals surface area contributed by atoms with Gasteiger partial charge in [0, 0.05) is 18.6 Å². The second-order valence-electron chi connectivity index (χ2n) is 6.85. The molecule has 1 saturated heterocycles. The lowest BCUT2D eigenvalue weighted by atomic mass is 9.96. The first-order chi connectivity index (χ1) is 11.7. The zero-order valence-corrected chi connectivity index (χ0v) is 14.1. The van der Waals surface area contributed by atoms with Gasteiger partial charge in [0.2, 0.25) is 0 Å². The second-order valence-corrected chi connectivity index (χ2v) is 6.85. The Hall–Kier alpha value is -1.83. The van der Waals surface area contributed by atoms with Crippen LogP contribution in [0.3, 0.4) is 0 Å². The number of hydrogen-bond donors (Lipinski definition) is 4. The fourth-order valence-electron chi connectivity index (χ4n) is 4.02. The Labute approximate surface area is 141 Å². The van der Waals surface area contributed by atoms with Crippen molar-refractivity contribution in [3.8, 4) is 0 Å². The summed E-state index contributed by atoms with van der Waals surface area (Å²) < 4.78 is 0. The molecule has 1 aliphatic carbocycles. The molecule has 0 radical (unpaired) electrons. The van der Waals surface area contributed by atoms with E-state index in [1.165, 1.54) is 51.5 Å². The Morgan fingerprint density at radius 1 is 1.17 bits per heavy atom. The van der Waals surface area contributed by atoms with E-state index >= 15 is 0 Å². The molecule has 134 valence electrons. The van der Waals surface area contributed by atoms with E-state index in [1.54, 1.807) is 0 Å². The molecule has 4 N–H and O–H groups in total. The van der Waals surface area contributed by atoms with Gasteiger partial charge >= 0.3 is 11.7 Å². The number of nitrogens with zero attached hydrogens (tertiary/aromatic N) is 2. The summed E-state index contributed by atoms with van der Waals surface area (Å²) in [6.45, 7) is 2.10. The molecule has 24 heavy (non-hydrogen) atoms. The number of nitrogens with one attached hydrogen (secondary N) is 4. The lowest BCUT2D eigenvalue weighted by Crippen LogP contribution is -2.47. The van der Waals surface area contributed by atoms with Gasteiger partial charge in [-0.25, -0.2) is 14.7 Å². The molecule has 0 bridgehead atoms. The van der Waals surface area contributed by atoms with Gasteiger partial charge in [-0.2, -0.15) is 5.10 Å². The van der Waals surface area contributed by atoms with Gasteiger partial charge in [-0.05, 0) is 38.6 Å². The SMILES string of the molecule is O=C(NCC[C@@H]1CCCCN1C1CCCC1)NCc1n[nH]c(=O)[nH]1. The van der Waals surface area contributed by atoms with Crippen molar-refractivity contribution in [1.82, 2.24) is 30.7 Å². The first kappa shape index (κ1) is 17.0. The van der Waals surface area contributed by atoms with Gasteiger partial charge < -0.3 is 10.6 Å². The lowest BCUT2D eigenvalue weighted by Gasteiger charge is -2.40. The number of carbonyl (C=O) groups is 1. The second kappa shape index (κ2) is 8.32. The smallest absolute Gasteiger partial charge is 0.338 e. The molecule has 2 amide bonds. The summed E-state index contributed by atoms with van der Waals surface area (Å²) >= 11 is 0. The van der Waals surface area contributed by atoms with Crippen LogP contribution < -0.4 is 16.3 Å². The van der Waals surface area contributed by atoms with Crippen LogP contribution in [0.25, 0.3) is 0 Å². The topological polar surface area (TPSA) is 106 Å². The molecular weight excluding hydrogens is 308 g/mol. The van der Waals surface area contributed by atoms with Crippen LogP contribution in [0.5, 0.6) is 0 Å². The van der Waals surface area contributed by atoms with Crippen molar-refractivity contribution < 1.29 is 4.79 Å². The van der Waals surface area contributed by atoms with E-state index in [1.807, 2.05) is 0 Å². The Balaban J connectivity index is 1.37. The number of carbonyl (C=O) groups excluding carboxylic acids is 1. The minimum atomic E-state index is -0.364. The molecule has 2 aliphatic rings. The zero-order valence-electron chi connectivity index (χ0n) is 14.1. The number of rotatable bonds is 6. The van der Waals surface area contributed by atoms with Crippen molar-refractivity contribution in [2.45, 2.75) is 70.0 Å². The number of piperidine rings is 1. The summed E-state index contributed by atoms with van der Waals surface area (Å²) in [5.74, 6) is 0.426. The summed E-state index contributed by atoms with van der Waals surface area (Å²) in [4.78, 5) is 28.0. The van der Waals surface area contributed by atoms with E-state index in [9.17, 15) is 9.59 Å². The summed E-state index contributed by atoms with van der Waals surface area (Å²) in [6, 6.07) is 1.15. The number of aromatic amines is 2. The number of amides is 2. The first-order valence-electron chi connectivity index (χ1n) is 9.13. The van der Waals surface area contributed by atoms with Crippen molar-refractivity contribution >= 4 is 6.03 Å². The van der Waals surface area contributed by atoms with E-state index in [-0.39, 0.29) is 18.3 Å². The third-order valence-electron chi connectivity index (χ3n) is 5.20. The predicted octanol–water partition coefficient (Wildman–Crippen LogP) is 1.08. The maximum absolute atomic E-state index is 11.8. The quantitative estimate of drug-likeness (QED) is 0.624. The third kappa shape index (κ3) is 4.59. The Morgan fingerprint density at radius 3 is 2.71 bits per heavy atom. The summed E-state index contributed by atoms with van der Waals surface area (Å²) in [6.07, 6.45) is 10.3. The standard InChI is InChI=1S/C16H28N6O2/c23-15(18-11-14-19-16(24)21-20-14)17-9-8-13-7-3-4-10-22(13)12-5-1-2-6-12/h12-13H,1-11H2,(H2,17,18,23)(H2,19,20,21,24)/t13-/m0/s1. The van der Waals surface area contributed by atoms with Crippen LogP contribution in [0.4, 0.5) is 4.79 Å². The van der Waals surface area contributed by atoms with Crippen LogP contribution in [-0.2, 0) is 6.54 Å². The van der Waals surface area contributed by atoms with Gasteiger partial charge in [0.25, 0.3) is 0 Å². The molecule has 0 aromatic carbocycles. The fourth-order valence-corrected chi connectivity index (χ4v) is 4.02. The first-order valence-corrected chi connectivity index (χ1v) is 9.13. The summed E-state index contributed by atoms with van der Waals surface area (Å²) in [5.41, 5.74) is -0.364. The fraction of sp³-hybridized carbons (Fsp3) is 0.812. The highest BCUT2D eigenvalue weighted by molar-refractivity contribution is 5.73. The van der Waals surface area contributed by atoms with Crippen molar-refractivity contribution in [3.05, 3.63) is 16.3 Å². The molecule has 1 aromatic heterocycles. The molecule has 1 atom stereocenters. The summed E-state index contributed by atoms with van der Waals surface area (Å²) in [7, 11) is 0. The van der Waals surface area contributed by atoms with Crippen molar-refractivity contribution in [3.63, 3.8) is 0 Å². The lowest BCUT2D eigenvalue weighted by molar-refractivity contribution is 0.0915. The van der Waals surface area contributed by atoms with Crippen LogP contribution in [0.1, 0.15) is 57.2 Å². The van der Waals surface area contributed by atoms with Gasteiger partial charge in [0.15, 0.2) is 0 Å². The number of aromatic nitrogens is 3. The molecule has 2 fully saturated rings. The third-order valence-corrected chi connectivity index (χ3v) is 5.20. The molecule has 0 unspecified atom stereocenters. The number of H-pyrrole nitrogens is 2. The highest BCUT2D eigenvalue weighted by atomic mass is 16.2. The van der Waals surface area contributed by atoms with Gasteiger partial charge in [0.1, 0.15) is 5.82 Å². The molecular formula is C16H28N6O2. The molecule has 2 heterocycles. The monoisotopic (exact) mass is 336 g/mol. The maximum atomic E-state index is 11.8. The van der Waals surface area contributed by atoms with Crippen LogP contribution in [0.2, 0.25) is 0 Å². The average molecular weight is 336 g/mol. The van der Waals surface area contributed by atoms with Gasteiger partial charge in [-0.15, -0.1) is 0 Å². The maximum Gasteiger partial charge on any atom is 0.340 e. The zero-order chi connectivity index (χ0) is 16.8. The normalized spacial score (nSPS) is 22.6. The minimum absolute atomic E-state index is 0.211. The van der Waals surface area contributed by atoms with Crippen LogP contribution >= 0.6 is 0 Å². The van der Waals surface area contributed by atoms with E-state index in [0.717, 1.165) is 12.5 Å². The van der Waals surface area contributed by atoms with Crippen molar-refractivity contribution in [2.24, 2.45) is 0 Å². The van der Waals surface area contributed by atoms with E-state index in [0.29, 0.717) is 18.4 Å². The number of hydrogen-bond acceptors (Lipinski definition) is 4. The van der Waals surface area contributed by atoms with E-state index in [2.05, 4.69) is 30.7 Å². The number of urea groups is 1. The molecule has 1 saturated carbocycles. The molecule has 0 spiro atoms. The molecule has 1 aromatic rings. The Morgan fingerprint density at radius 2 is 1.96 bits per heavy atom. The van der Waals surface area contributed by atoms with Gasteiger partial charge in [-0.1, -0.05) is 19.3 Å². The molecule has 8 nitrogen and oxygen atoms in total. The molecule has 8 heteroatoms. The largest absolute Gasteiger partial charge is 0.340 e. The van der Waals surface area contributed by atoms with Gasteiger partial charge in [-0.3, -0.25) is 9.88 Å². The van der Waals surface area contributed by atoms with Crippen molar-refractivity contribution in [1.29, 1.82) is 0 Å². The number of likely N-dealkylation sites (tertiary alicyclic amines) is 1. The summed E-state index contributed by atoms with van der Waals surface area (Å²) in [5, 5.41) is 11.6. The van der Waals surface area contributed by atoms with Crippen LogP contribution in [0, 0.1) is 0 Å². The minimum Gasteiger partial charge on any atom is -0.338 e. The van der Waals surface area contributed by atoms with E-state index in [4.69, 9.17) is 0 Å². The average Bonchev–Trinajstić information content (AvgIpc) is 3.25. The highest BCUT2D eigenvalue weighted by Crippen LogP contribution is 2.30. The molecule has 3 rings (SSSR count). The van der Waals surface area contributed by atoms with Crippen molar-refractivity contribution in [2.75, 3.05) is 13.1 Å². The van der Waals surface area contributed by atoms with E-state index < -0.39 is 0 Å². The predicted molar refractivity (Wildman–Crippen MR) is 90.7 cm³/mol. The van der Waals surface area contributed by atoms with Gasteiger partial charge in [0.05, 0.1) is 6.54 Å². The highest BCUT2D eigenvalue weighted by Gasteiger charge is 2.30.